The molecule has 242 valence electrons. The second-order valence-electron chi connectivity index (χ2n) is 12.9. The molecule has 10 nitrogen and oxygen atoms in total. The summed E-state index contributed by atoms with van der Waals surface area (Å²) in [5.74, 6) is -0.439. The number of carbonyl (C=O) groups excluding carboxylic acids is 2. The van der Waals surface area contributed by atoms with Gasteiger partial charge in [0.15, 0.2) is 0 Å². The number of H-pyrrole nitrogens is 1. The number of aromatic amines is 1. The van der Waals surface area contributed by atoms with Crippen LogP contribution in [0.2, 0.25) is 5.02 Å². The molecule has 11 heteroatoms. The number of piperidine rings is 2. The van der Waals surface area contributed by atoms with Crippen LogP contribution in [0.5, 0.6) is 0 Å². The molecule has 3 aliphatic heterocycles. The molecule has 1 aromatic heterocycles. The van der Waals surface area contributed by atoms with Gasteiger partial charge in [0.1, 0.15) is 0 Å². The summed E-state index contributed by atoms with van der Waals surface area (Å²) in [4.78, 5) is 50.0. The summed E-state index contributed by atoms with van der Waals surface area (Å²) in [5, 5.41) is 3.92. The van der Waals surface area contributed by atoms with E-state index in [1.165, 1.54) is 0 Å². The first-order valence-corrected chi connectivity index (χ1v) is 17.0. The number of piperazine rings is 1. The highest BCUT2D eigenvalue weighted by atomic mass is 35.5. The second kappa shape index (κ2) is 14.0. The van der Waals surface area contributed by atoms with Gasteiger partial charge in [0.2, 0.25) is 11.8 Å². The smallest absolute Gasteiger partial charge is 0.326 e. The highest BCUT2D eigenvalue weighted by molar-refractivity contribution is 6.33. The molecule has 2 amide bonds. The SMILES string of the molecule is CCc1cc(C[C@@H](CC(=O)N2CCC(n3c(=O)[nH]c4ccccc43)CC2)C(=O)N2CCC(N3CCNCC3)CC2)cc(Cl)c1N. The lowest BCUT2D eigenvalue weighted by Crippen LogP contribution is -2.53. The molecule has 45 heavy (non-hydrogen) atoms. The molecule has 3 saturated heterocycles. The van der Waals surface area contributed by atoms with Gasteiger partial charge < -0.3 is 25.8 Å². The summed E-state index contributed by atoms with van der Waals surface area (Å²) in [5.41, 5.74) is 10.3. The molecule has 3 aromatic rings. The lowest BCUT2D eigenvalue weighted by Gasteiger charge is -2.41. The van der Waals surface area contributed by atoms with Crippen LogP contribution in [0.25, 0.3) is 11.0 Å². The van der Waals surface area contributed by atoms with Gasteiger partial charge in [-0.15, -0.1) is 0 Å². The Bertz CT molecular complexity index is 1560. The molecule has 3 aliphatic rings. The van der Waals surface area contributed by atoms with E-state index in [0.29, 0.717) is 62.2 Å². The Morgan fingerprint density at radius 1 is 0.956 bits per heavy atom. The normalized spacial score (nSPS) is 19.7. The minimum atomic E-state index is -0.480. The molecule has 0 saturated carbocycles. The van der Waals surface area contributed by atoms with E-state index in [-0.39, 0.29) is 30.0 Å². The second-order valence-corrected chi connectivity index (χ2v) is 13.3. The van der Waals surface area contributed by atoms with Crippen LogP contribution in [-0.4, -0.2) is 94.5 Å². The number of nitrogen functional groups attached to an aromatic ring is 1. The van der Waals surface area contributed by atoms with Crippen molar-refractivity contribution >= 4 is 40.1 Å². The van der Waals surface area contributed by atoms with E-state index >= 15 is 0 Å². The molecular formula is C34H46ClN7O3. The molecule has 0 aliphatic carbocycles. The number of para-hydroxylation sites is 2. The summed E-state index contributed by atoms with van der Waals surface area (Å²) in [6, 6.07) is 12.1. The zero-order valence-corrected chi connectivity index (χ0v) is 27.0. The minimum absolute atomic E-state index is 0.00830. The number of hydrogen-bond donors (Lipinski definition) is 3. The predicted molar refractivity (Wildman–Crippen MR) is 179 cm³/mol. The Kier molecular flexibility index (Phi) is 9.82. The van der Waals surface area contributed by atoms with Crippen molar-refractivity contribution in [2.75, 3.05) is 58.1 Å². The number of carbonyl (C=O) groups is 2. The van der Waals surface area contributed by atoms with E-state index in [9.17, 15) is 14.4 Å². The third-order valence-electron chi connectivity index (χ3n) is 10.2. The first kappa shape index (κ1) is 31.6. The molecule has 3 fully saturated rings. The molecule has 0 bridgehead atoms. The first-order chi connectivity index (χ1) is 21.8. The van der Waals surface area contributed by atoms with E-state index < -0.39 is 5.92 Å². The maximum Gasteiger partial charge on any atom is 0.326 e. The van der Waals surface area contributed by atoms with E-state index in [1.54, 1.807) is 0 Å². The zero-order valence-electron chi connectivity index (χ0n) is 26.3. The number of halogens is 1. The largest absolute Gasteiger partial charge is 0.397 e. The summed E-state index contributed by atoms with van der Waals surface area (Å²) in [6.45, 7) is 8.72. The van der Waals surface area contributed by atoms with Gasteiger partial charge in [0.25, 0.3) is 0 Å². The Morgan fingerprint density at radius 3 is 2.33 bits per heavy atom. The third-order valence-corrected chi connectivity index (χ3v) is 10.5. The van der Waals surface area contributed by atoms with E-state index in [4.69, 9.17) is 17.3 Å². The van der Waals surface area contributed by atoms with Crippen LogP contribution >= 0.6 is 11.6 Å². The monoisotopic (exact) mass is 635 g/mol. The topological polar surface area (TPSA) is 120 Å². The van der Waals surface area contributed by atoms with Crippen LogP contribution < -0.4 is 16.7 Å². The number of fused-ring (bicyclic) bond motifs is 1. The van der Waals surface area contributed by atoms with Gasteiger partial charge in [-0.2, -0.15) is 0 Å². The molecule has 4 heterocycles. The number of imidazole rings is 1. The fourth-order valence-corrected chi connectivity index (χ4v) is 7.85. The van der Waals surface area contributed by atoms with Crippen LogP contribution in [-0.2, 0) is 22.4 Å². The van der Waals surface area contributed by atoms with Gasteiger partial charge in [-0.05, 0) is 67.9 Å². The molecule has 2 aromatic carbocycles. The van der Waals surface area contributed by atoms with Crippen LogP contribution in [0.1, 0.15) is 56.2 Å². The number of nitrogens with one attached hydrogen (secondary N) is 2. The molecule has 6 rings (SSSR count). The maximum atomic E-state index is 14.1. The number of amides is 2. The number of aryl methyl sites for hydroxylation is 1. The maximum absolute atomic E-state index is 14.1. The summed E-state index contributed by atoms with van der Waals surface area (Å²) in [6.07, 6.45) is 4.64. The molecule has 0 spiro atoms. The highest BCUT2D eigenvalue weighted by Gasteiger charge is 2.34. The van der Waals surface area contributed by atoms with E-state index in [1.807, 2.05) is 57.7 Å². The van der Waals surface area contributed by atoms with Gasteiger partial charge in [-0.3, -0.25) is 19.1 Å². The van der Waals surface area contributed by atoms with E-state index in [2.05, 4.69) is 15.2 Å². The molecule has 4 N–H and O–H groups in total. The number of likely N-dealkylation sites (tertiary alicyclic amines) is 2. The summed E-state index contributed by atoms with van der Waals surface area (Å²) in [7, 11) is 0. The van der Waals surface area contributed by atoms with Crippen molar-refractivity contribution in [1.82, 2.24) is 29.6 Å². The fraction of sp³-hybridized carbons (Fsp3) is 0.559. The molecule has 0 unspecified atom stereocenters. The van der Waals surface area contributed by atoms with Crippen molar-refractivity contribution in [3.8, 4) is 0 Å². The predicted octanol–water partition coefficient (Wildman–Crippen LogP) is 3.44. The van der Waals surface area contributed by atoms with Gasteiger partial charge >= 0.3 is 5.69 Å². The number of nitrogens with zero attached hydrogens (tertiary/aromatic N) is 4. The average Bonchev–Trinajstić information content (AvgIpc) is 3.41. The fourth-order valence-electron chi connectivity index (χ4n) is 7.59. The minimum Gasteiger partial charge on any atom is -0.397 e. The highest BCUT2D eigenvalue weighted by Crippen LogP contribution is 2.30. The van der Waals surface area contributed by atoms with Crippen LogP contribution in [0.15, 0.2) is 41.2 Å². The average molecular weight is 636 g/mol. The Labute approximate surface area is 269 Å². The number of nitrogens with two attached hydrogens (primary N) is 1. The number of anilines is 1. The number of rotatable bonds is 8. The zero-order chi connectivity index (χ0) is 31.5. The Balaban J connectivity index is 1.14. The quantitative estimate of drug-likeness (QED) is 0.326. The number of benzene rings is 2. The number of hydrogen-bond acceptors (Lipinski definition) is 6. The molecule has 0 radical (unpaired) electrons. The van der Waals surface area contributed by atoms with Crippen LogP contribution in [0.3, 0.4) is 0 Å². The van der Waals surface area contributed by atoms with Gasteiger partial charge in [0.05, 0.1) is 27.7 Å². The third kappa shape index (κ3) is 6.93. The lowest BCUT2D eigenvalue weighted by molar-refractivity contribution is -0.143. The van der Waals surface area contributed by atoms with Gasteiger partial charge in [-0.25, -0.2) is 4.79 Å². The van der Waals surface area contributed by atoms with Crippen molar-refractivity contribution in [1.29, 1.82) is 0 Å². The lowest BCUT2D eigenvalue weighted by atomic mass is 9.91. The van der Waals surface area contributed by atoms with Crippen LogP contribution in [0.4, 0.5) is 5.69 Å². The van der Waals surface area contributed by atoms with Gasteiger partial charge in [-0.1, -0.05) is 36.7 Å². The summed E-state index contributed by atoms with van der Waals surface area (Å²) < 4.78 is 1.84. The Hall–Kier alpha value is -3.34. The number of aromatic nitrogens is 2. The van der Waals surface area contributed by atoms with Crippen molar-refractivity contribution in [3.63, 3.8) is 0 Å². The molecule has 1 atom stereocenters. The Morgan fingerprint density at radius 2 is 1.62 bits per heavy atom. The van der Waals surface area contributed by atoms with Crippen molar-refractivity contribution < 1.29 is 9.59 Å². The van der Waals surface area contributed by atoms with E-state index in [0.717, 1.165) is 67.6 Å². The van der Waals surface area contributed by atoms with Crippen molar-refractivity contribution in [3.05, 3.63) is 63.0 Å². The standard InChI is InChI=1S/C34H46ClN7O3/c1-2-24-19-23(21-28(35)32(24)36)20-25(33(44)41-15-7-26(8-16-41)39-17-11-37-12-18-39)22-31(43)40-13-9-27(10-14-40)42-30-6-4-3-5-29(30)38-34(42)45/h3-6,19,21,25-27,37H,2,7-18,20,22,36H2,1H3,(H,38,45)/t25-/m0/s1. The van der Waals surface area contributed by atoms with Gasteiger partial charge in [0, 0.05) is 70.9 Å². The van der Waals surface area contributed by atoms with Crippen molar-refractivity contribution in [2.45, 2.75) is 64.0 Å². The summed E-state index contributed by atoms with van der Waals surface area (Å²) >= 11 is 6.50. The van der Waals surface area contributed by atoms with Crippen molar-refractivity contribution in [2.24, 2.45) is 5.92 Å². The van der Waals surface area contributed by atoms with Crippen LogP contribution in [0, 0.1) is 5.92 Å². The first-order valence-electron chi connectivity index (χ1n) is 16.6. The molecular weight excluding hydrogens is 590 g/mol.